The van der Waals surface area contributed by atoms with Gasteiger partial charge in [-0.15, -0.1) is 0 Å². The van der Waals surface area contributed by atoms with Gasteiger partial charge in [-0.05, 0) is 29.9 Å². The molecule has 0 aliphatic heterocycles. The molecule has 0 saturated heterocycles. The topological polar surface area (TPSA) is 29.1 Å². The third-order valence-corrected chi connectivity index (χ3v) is 5.26. The van der Waals surface area contributed by atoms with Crippen LogP contribution in [-0.4, -0.2) is 5.78 Å². The Morgan fingerprint density at radius 2 is 1.60 bits per heavy atom. The number of fused-ring (bicyclic) bond motifs is 1. The average Bonchev–Trinajstić information content (AvgIpc) is 2.68. The molecule has 3 aromatic rings. The molecule has 126 valence electrons. The minimum Gasteiger partial charge on any atom is -0.377 e. The van der Waals surface area contributed by atoms with Crippen molar-refractivity contribution in [3.63, 3.8) is 0 Å². The Kier molecular flexibility index (Phi) is 4.51. The molecule has 0 aromatic heterocycles. The van der Waals surface area contributed by atoms with Crippen LogP contribution in [0.5, 0.6) is 0 Å². The van der Waals surface area contributed by atoms with Crippen molar-refractivity contribution in [3.05, 3.63) is 78.4 Å². The summed E-state index contributed by atoms with van der Waals surface area (Å²) in [6.07, 6.45) is 3.85. The van der Waals surface area contributed by atoms with Crippen LogP contribution in [0.1, 0.15) is 37.3 Å². The monoisotopic (exact) mass is 329 g/mol. The van der Waals surface area contributed by atoms with Gasteiger partial charge in [0.15, 0.2) is 0 Å². The second kappa shape index (κ2) is 7.10. The van der Waals surface area contributed by atoms with E-state index in [1.807, 2.05) is 6.07 Å². The molecule has 1 aliphatic rings. The Morgan fingerprint density at radius 1 is 0.840 bits per heavy atom. The highest BCUT2D eigenvalue weighted by molar-refractivity contribution is 5.94. The molecule has 1 N–H and O–H groups in total. The molecule has 2 heteroatoms. The summed E-state index contributed by atoms with van der Waals surface area (Å²) in [4.78, 5) is 12.6. The van der Waals surface area contributed by atoms with Gasteiger partial charge in [0.1, 0.15) is 5.78 Å². The van der Waals surface area contributed by atoms with Crippen molar-refractivity contribution < 1.29 is 4.79 Å². The molecule has 0 bridgehead atoms. The highest BCUT2D eigenvalue weighted by Gasteiger charge is 2.31. The van der Waals surface area contributed by atoms with Crippen LogP contribution in [0.3, 0.4) is 0 Å². The predicted octanol–water partition coefficient (Wildman–Crippen LogP) is 5.75. The van der Waals surface area contributed by atoms with Crippen molar-refractivity contribution in [3.8, 4) is 0 Å². The van der Waals surface area contributed by atoms with Crippen LogP contribution in [0.2, 0.25) is 0 Å². The SMILES string of the molecule is O=C1CCCCC1C(Nc1cccc2ccccc12)c1ccccc1. The number of ketones is 1. The maximum atomic E-state index is 12.6. The number of anilines is 1. The fraction of sp³-hybridized carbons (Fsp3) is 0.261. The molecule has 2 nitrogen and oxygen atoms in total. The summed E-state index contributed by atoms with van der Waals surface area (Å²) in [6, 6.07) is 25.1. The molecule has 0 heterocycles. The second-order valence-corrected chi connectivity index (χ2v) is 6.88. The van der Waals surface area contributed by atoms with E-state index in [1.165, 1.54) is 16.3 Å². The van der Waals surface area contributed by atoms with Crippen LogP contribution in [0.4, 0.5) is 5.69 Å². The van der Waals surface area contributed by atoms with Gasteiger partial charge >= 0.3 is 0 Å². The standard InChI is InChI=1S/C23H23NO/c25-22-16-7-6-14-20(22)23(18-10-2-1-3-11-18)24-21-15-8-12-17-9-4-5-13-19(17)21/h1-5,8-13,15,20,23-24H,6-7,14,16H2. The Labute approximate surface area is 148 Å². The maximum Gasteiger partial charge on any atom is 0.138 e. The Bertz CT molecular complexity index is 866. The lowest BCUT2D eigenvalue weighted by atomic mass is 9.80. The number of carbonyl (C=O) groups is 1. The molecule has 3 aromatic carbocycles. The van der Waals surface area contributed by atoms with E-state index < -0.39 is 0 Å². The number of rotatable bonds is 4. The Morgan fingerprint density at radius 3 is 2.44 bits per heavy atom. The molecule has 1 saturated carbocycles. The largest absolute Gasteiger partial charge is 0.377 e. The van der Waals surface area contributed by atoms with E-state index in [2.05, 4.69) is 72.0 Å². The van der Waals surface area contributed by atoms with Crippen LogP contribution >= 0.6 is 0 Å². The number of carbonyl (C=O) groups excluding carboxylic acids is 1. The van der Waals surface area contributed by atoms with Crippen molar-refractivity contribution >= 4 is 22.2 Å². The molecule has 1 fully saturated rings. The van der Waals surface area contributed by atoms with Gasteiger partial charge in [-0.3, -0.25) is 4.79 Å². The third kappa shape index (κ3) is 3.30. The summed E-state index contributed by atoms with van der Waals surface area (Å²) in [7, 11) is 0. The summed E-state index contributed by atoms with van der Waals surface area (Å²) < 4.78 is 0. The summed E-state index contributed by atoms with van der Waals surface area (Å²) >= 11 is 0. The van der Waals surface area contributed by atoms with E-state index in [0.29, 0.717) is 12.2 Å². The van der Waals surface area contributed by atoms with Gasteiger partial charge < -0.3 is 5.32 Å². The number of benzene rings is 3. The summed E-state index contributed by atoms with van der Waals surface area (Å²) in [5, 5.41) is 6.14. The highest BCUT2D eigenvalue weighted by Crippen LogP contribution is 2.36. The lowest BCUT2D eigenvalue weighted by Gasteiger charge is -2.31. The van der Waals surface area contributed by atoms with E-state index in [0.717, 1.165) is 24.9 Å². The number of hydrogen-bond acceptors (Lipinski definition) is 2. The van der Waals surface area contributed by atoms with E-state index in [4.69, 9.17) is 0 Å². The van der Waals surface area contributed by atoms with Crippen LogP contribution in [-0.2, 0) is 4.79 Å². The molecule has 2 atom stereocenters. The van der Waals surface area contributed by atoms with Crippen LogP contribution in [0.15, 0.2) is 72.8 Å². The van der Waals surface area contributed by atoms with Crippen molar-refractivity contribution in [1.82, 2.24) is 0 Å². The predicted molar refractivity (Wildman–Crippen MR) is 104 cm³/mol. The number of hydrogen-bond donors (Lipinski definition) is 1. The fourth-order valence-electron chi connectivity index (χ4n) is 3.96. The quantitative estimate of drug-likeness (QED) is 0.660. The smallest absolute Gasteiger partial charge is 0.138 e. The van der Waals surface area contributed by atoms with Gasteiger partial charge in [0.25, 0.3) is 0 Å². The zero-order valence-corrected chi connectivity index (χ0v) is 14.3. The van der Waals surface area contributed by atoms with Gasteiger partial charge in [-0.25, -0.2) is 0 Å². The van der Waals surface area contributed by atoms with E-state index in [-0.39, 0.29) is 12.0 Å². The molecule has 1 aliphatic carbocycles. The lowest BCUT2D eigenvalue weighted by molar-refractivity contribution is -0.125. The van der Waals surface area contributed by atoms with E-state index >= 15 is 0 Å². The molecule has 0 spiro atoms. The minimum absolute atomic E-state index is 0.0276. The Hall–Kier alpha value is -2.61. The first-order chi connectivity index (χ1) is 12.3. The zero-order valence-electron chi connectivity index (χ0n) is 14.3. The van der Waals surface area contributed by atoms with Gasteiger partial charge in [-0.1, -0.05) is 73.2 Å². The van der Waals surface area contributed by atoms with Crippen LogP contribution in [0.25, 0.3) is 10.8 Å². The van der Waals surface area contributed by atoms with Gasteiger partial charge in [0.05, 0.1) is 6.04 Å². The lowest BCUT2D eigenvalue weighted by Crippen LogP contribution is -2.30. The van der Waals surface area contributed by atoms with Crippen molar-refractivity contribution in [2.75, 3.05) is 5.32 Å². The zero-order chi connectivity index (χ0) is 17.1. The molecular formula is C23H23NO. The van der Waals surface area contributed by atoms with Gasteiger partial charge in [0, 0.05) is 23.4 Å². The van der Waals surface area contributed by atoms with Crippen LogP contribution < -0.4 is 5.32 Å². The maximum absolute atomic E-state index is 12.6. The summed E-state index contributed by atoms with van der Waals surface area (Å²) in [6.45, 7) is 0. The van der Waals surface area contributed by atoms with Crippen molar-refractivity contribution in [2.45, 2.75) is 31.7 Å². The van der Waals surface area contributed by atoms with Crippen molar-refractivity contribution in [2.24, 2.45) is 5.92 Å². The average molecular weight is 329 g/mol. The molecule has 0 amide bonds. The fourth-order valence-corrected chi connectivity index (χ4v) is 3.96. The first-order valence-electron chi connectivity index (χ1n) is 9.15. The van der Waals surface area contributed by atoms with Gasteiger partial charge in [0.2, 0.25) is 0 Å². The van der Waals surface area contributed by atoms with Gasteiger partial charge in [-0.2, -0.15) is 0 Å². The van der Waals surface area contributed by atoms with Crippen molar-refractivity contribution in [1.29, 1.82) is 0 Å². The second-order valence-electron chi connectivity index (χ2n) is 6.88. The Balaban J connectivity index is 1.74. The van der Waals surface area contributed by atoms with E-state index in [9.17, 15) is 4.79 Å². The minimum atomic E-state index is 0.0276. The van der Waals surface area contributed by atoms with E-state index in [1.54, 1.807) is 0 Å². The third-order valence-electron chi connectivity index (χ3n) is 5.26. The number of nitrogens with one attached hydrogen (secondary N) is 1. The normalized spacial score (nSPS) is 18.9. The molecular weight excluding hydrogens is 306 g/mol. The molecule has 25 heavy (non-hydrogen) atoms. The first kappa shape index (κ1) is 15.9. The summed E-state index contributed by atoms with van der Waals surface area (Å²) in [5.74, 6) is 0.447. The van der Waals surface area contributed by atoms with Crippen LogP contribution in [0, 0.1) is 5.92 Å². The number of Topliss-reactive ketones (excluding diaryl/α,β-unsaturated/α-hetero) is 1. The summed E-state index contributed by atoms with van der Waals surface area (Å²) in [5.41, 5.74) is 2.29. The molecule has 4 rings (SSSR count). The highest BCUT2D eigenvalue weighted by atomic mass is 16.1. The first-order valence-corrected chi connectivity index (χ1v) is 9.15. The molecule has 2 unspecified atom stereocenters. The molecule has 0 radical (unpaired) electrons.